The van der Waals surface area contributed by atoms with Gasteiger partial charge < -0.3 is 19.1 Å². The standard InChI is InChI=1S/C23H25N3O5/c1-3-31-22(29)19-20(15-8-6-9-16(27)14-15)26-18-11-5-4-10-17(18)24-23(26)25(21(19)28)12-7-13-30-2/h4-6,8-11,14,19-20,27H,3,7,12-13H2,1-2H3/t19-,20-/m1/s1. The summed E-state index contributed by atoms with van der Waals surface area (Å²) in [5.41, 5.74) is 2.15. The first-order chi connectivity index (χ1) is 15.1. The molecular formula is C23H25N3O5. The average Bonchev–Trinajstić information content (AvgIpc) is 3.14. The number of carbonyl (C=O) groups is 2. The summed E-state index contributed by atoms with van der Waals surface area (Å²) < 4.78 is 12.4. The number of aromatic nitrogens is 2. The van der Waals surface area contributed by atoms with E-state index < -0.39 is 17.9 Å². The molecule has 0 fully saturated rings. The molecule has 1 N–H and O–H groups in total. The van der Waals surface area contributed by atoms with Gasteiger partial charge in [0.05, 0.1) is 23.7 Å². The fourth-order valence-electron chi connectivity index (χ4n) is 4.14. The van der Waals surface area contributed by atoms with Crippen LogP contribution in [-0.2, 0) is 19.1 Å². The zero-order valence-electron chi connectivity index (χ0n) is 17.5. The van der Waals surface area contributed by atoms with Gasteiger partial charge in [0.25, 0.3) is 0 Å². The minimum absolute atomic E-state index is 0.0565. The van der Waals surface area contributed by atoms with Crippen LogP contribution >= 0.6 is 0 Å². The predicted octanol–water partition coefficient (Wildman–Crippen LogP) is 2.89. The predicted molar refractivity (Wildman–Crippen MR) is 115 cm³/mol. The lowest BCUT2D eigenvalue weighted by Crippen LogP contribution is -2.50. The zero-order valence-corrected chi connectivity index (χ0v) is 17.5. The summed E-state index contributed by atoms with van der Waals surface area (Å²) in [4.78, 5) is 32.9. The number of ether oxygens (including phenoxy) is 2. The first-order valence-corrected chi connectivity index (χ1v) is 10.3. The molecule has 1 amide bonds. The van der Waals surface area contributed by atoms with Crippen molar-refractivity contribution in [3.8, 4) is 5.75 Å². The molecule has 0 saturated carbocycles. The highest BCUT2D eigenvalue weighted by atomic mass is 16.5. The number of aromatic hydroxyl groups is 1. The van der Waals surface area contributed by atoms with Gasteiger partial charge in [-0.1, -0.05) is 24.3 Å². The van der Waals surface area contributed by atoms with Gasteiger partial charge in [0, 0.05) is 20.3 Å². The Morgan fingerprint density at radius 3 is 2.74 bits per heavy atom. The second-order valence-electron chi connectivity index (χ2n) is 7.38. The minimum atomic E-state index is -1.10. The second-order valence-corrected chi connectivity index (χ2v) is 7.38. The number of phenolic OH excluding ortho intramolecular Hbond substituents is 1. The highest BCUT2D eigenvalue weighted by Crippen LogP contribution is 2.41. The largest absolute Gasteiger partial charge is 0.508 e. The Labute approximate surface area is 180 Å². The molecular weight excluding hydrogens is 398 g/mol. The lowest BCUT2D eigenvalue weighted by molar-refractivity contribution is -0.153. The normalized spacial score (nSPS) is 18.3. The van der Waals surface area contributed by atoms with Crippen LogP contribution in [-0.4, -0.2) is 53.4 Å². The zero-order chi connectivity index (χ0) is 22.0. The highest BCUT2D eigenvalue weighted by molar-refractivity contribution is 6.08. The van der Waals surface area contributed by atoms with Gasteiger partial charge >= 0.3 is 5.97 Å². The van der Waals surface area contributed by atoms with Crippen molar-refractivity contribution in [2.24, 2.45) is 5.92 Å². The number of nitrogens with zero attached hydrogens (tertiary/aromatic N) is 3. The summed E-state index contributed by atoms with van der Waals surface area (Å²) in [5, 5.41) is 10.1. The van der Waals surface area contributed by atoms with Gasteiger partial charge in [-0.05, 0) is 43.2 Å². The number of hydrogen-bond acceptors (Lipinski definition) is 6. The number of methoxy groups -OCH3 is 1. The molecule has 2 heterocycles. The van der Waals surface area contributed by atoms with Gasteiger partial charge in [-0.25, -0.2) is 4.98 Å². The molecule has 3 aromatic rings. The Morgan fingerprint density at radius 1 is 1.19 bits per heavy atom. The number of fused-ring (bicyclic) bond motifs is 3. The van der Waals surface area contributed by atoms with Gasteiger partial charge in [0.1, 0.15) is 5.75 Å². The lowest BCUT2D eigenvalue weighted by Gasteiger charge is -2.38. The van der Waals surface area contributed by atoms with Gasteiger partial charge in [-0.15, -0.1) is 0 Å². The molecule has 162 valence electrons. The molecule has 0 saturated heterocycles. The summed E-state index contributed by atoms with van der Waals surface area (Å²) in [6, 6.07) is 13.5. The van der Waals surface area contributed by atoms with Crippen molar-refractivity contribution >= 4 is 28.9 Å². The van der Waals surface area contributed by atoms with E-state index in [1.165, 1.54) is 0 Å². The van der Waals surface area contributed by atoms with Crippen LogP contribution in [0, 0.1) is 5.92 Å². The summed E-state index contributed by atoms with van der Waals surface area (Å²) >= 11 is 0. The number of para-hydroxylation sites is 2. The van der Waals surface area contributed by atoms with Crippen molar-refractivity contribution in [3.63, 3.8) is 0 Å². The Kier molecular flexibility index (Phi) is 5.90. The molecule has 0 radical (unpaired) electrons. The van der Waals surface area contributed by atoms with Crippen molar-refractivity contribution in [2.75, 3.05) is 31.8 Å². The number of rotatable bonds is 7. The van der Waals surface area contributed by atoms with Gasteiger partial charge in [-0.2, -0.15) is 0 Å². The lowest BCUT2D eigenvalue weighted by atomic mass is 9.89. The first-order valence-electron chi connectivity index (χ1n) is 10.3. The fraction of sp³-hybridized carbons (Fsp3) is 0.348. The van der Waals surface area contributed by atoms with Crippen molar-refractivity contribution in [2.45, 2.75) is 19.4 Å². The SMILES string of the molecule is CCOC(=O)[C@H]1C(=O)N(CCCOC)c2nc3ccccc3n2[C@@H]1c1cccc(O)c1. The number of amides is 1. The Morgan fingerprint density at radius 2 is 2.00 bits per heavy atom. The molecule has 0 bridgehead atoms. The molecule has 1 aromatic heterocycles. The number of phenols is 1. The van der Waals surface area contributed by atoms with E-state index in [1.807, 2.05) is 28.8 Å². The third-order valence-electron chi connectivity index (χ3n) is 5.43. The number of imidazole rings is 1. The molecule has 8 heteroatoms. The smallest absolute Gasteiger partial charge is 0.321 e. The summed E-state index contributed by atoms with van der Waals surface area (Å²) in [6.07, 6.45) is 0.595. The van der Waals surface area contributed by atoms with Crippen LogP contribution < -0.4 is 4.90 Å². The Balaban J connectivity index is 1.94. The summed E-state index contributed by atoms with van der Waals surface area (Å²) in [6.45, 7) is 2.71. The number of anilines is 1. The molecule has 0 spiro atoms. The van der Waals surface area contributed by atoms with Crippen LogP contribution in [0.3, 0.4) is 0 Å². The maximum Gasteiger partial charge on any atom is 0.321 e. The Hall–Kier alpha value is -3.39. The van der Waals surface area contributed by atoms with E-state index in [0.717, 1.165) is 11.0 Å². The Bertz CT molecular complexity index is 1110. The molecule has 0 aliphatic carbocycles. The molecule has 2 atom stereocenters. The van der Waals surface area contributed by atoms with Gasteiger partial charge in [0.2, 0.25) is 11.9 Å². The quantitative estimate of drug-likeness (QED) is 0.357. The molecule has 2 aromatic carbocycles. The molecule has 4 rings (SSSR count). The van der Waals surface area contributed by atoms with Crippen molar-refractivity contribution in [1.82, 2.24) is 9.55 Å². The third-order valence-corrected chi connectivity index (χ3v) is 5.43. The van der Waals surface area contributed by atoms with Crippen LogP contribution in [0.5, 0.6) is 5.75 Å². The van der Waals surface area contributed by atoms with Crippen molar-refractivity contribution in [3.05, 3.63) is 54.1 Å². The monoisotopic (exact) mass is 423 g/mol. The van der Waals surface area contributed by atoms with Crippen LogP contribution in [0.25, 0.3) is 11.0 Å². The van der Waals surface area contributed by atoms with E-state index in [0.29, 0.717) is 31.1 Å². The van der Waals surface area contributed by atoms with Gasteiger partial charge in [-0.3, -0.25) is 14.5 Å². The minimum Gasteiger partial charge on any atom is -0.508 e. The molecule has 31 heavy (non-hydrogen) atoms. The fourth-order valence-corrected chi connectivity index (χ4v) is 4.14. The molecule has 1 aliphatic heterocycles. The average molecular weight is 423 g/mol. The van der Waals surface area contributed by atoms with E-state index >= 15 is 0 Å². The van der Waals surface area contributed by atoms with Crippen molar-refractivity contribution in [1.29, 1.82) is 0 Å². The van der Waals surface area contributed by atoms with Crippen LogP contribution in [0.2, 0.25) is 0 Å². The van der Waals surface area contributed by atoms with Gasteiger partial charge in [0.15, 0.2) is 5.92 Å². The number of benzene rings is 2. The van der Waals surface area contributed by atoms with E-state index in [9.17, 15) is 14.7 Å². The van der Waals surface area contributed by atoms with E-state index in [1.54, 1.807) is 43.2 Å². The number of esters is 1. The molecule has 8 nitrogen and oxygen atoms in total. The van der Waals surface area contributed by atoms with E-state index in [4.69, 9.17) is 14.5 Å². The van der Waals surface area contributed by atoms with Crippen LogP contribution in [0.4, 0.5) is 5.95 Å². The topological polar surface area (TPSA) is 93.9 Å². The summed E-state index contributed by atoms with van der Waals surface area (Å²) in [7, 11) is 1.60. The van der Waals surface area contributed by atoms with Crippen LogP contribution in [0.1, 0.15) is 24.9 Å². The highest BCUT2D eigenvalue weighted by Gasteiger charge is 2.47. The third kappa shape index (κ3) is 3.74. The number of carbonyl (C=O) groups excluding carboxylic acids is 2. The second kappa shape index (κ2) is 8.77. The summed E-state index contributed by atoms with van der Waals surface area (Å²) in [5.74, 6) is -1.54. The maximum absolute atomic E-state index is 13.6. The van der Waals surface area contributed by atoms with E-state index in [-0.39, 0.29) is 18.3 Å². The molecule has 0 unspecified atom stereocenters. The number of hydrogen-bond donors (Lipinski definition) is 1. The molecule has 1 aliphatic rings. The first kappa shape index (κ1) is 20.9. The maximum atomic E-state index is 13.6. The van der Waals surface area contributed by atoms with Crippen LogP contribution in [0.15, 0.2) is 48.5 Å². The van der Waals surface area contributed by atoms with Crippen molar-refractivity contribution < 1.29 is 24.2 Å². The van der Waals surface area contributed by atoms with E-state index in [2.05, 4.69) is 0 Å².